The monoisotopic (exact) mass is 351 g/mol. The van der Waals surface area contributed by atoms with E-state index >= 15 is 0 Å². The summed E-state index contributed by atoms with van der Waals surface area (Å²) in [6.45, 7) is 0. The molecule has 2 aromatic rings. The second-order valence-electron chi connectivity index (χ2n) is 5.80. The summed E-state index contributed by atoms with van der Waals surface area (Å²) in [4.78, 5) is 23.4. The highest BCUT2D eigenvalue weighted by molar-refractivity contribution is 6.30. The van der Waals surface area contributed by atoms with Crippen LogP contribution in [0, 0.1) is 11.7 Å². The molecule has 2 N–H and O–H groups in total. The molecule has 1 fully saturated rings. The van der Waals surface area contributed by atoms with E-state index in [2.05, 4.69) is 5.32 Å². The van der Waals surface area contributed by atoms with Crippen molar-refractivity contribution >= 4 is 23.5 Å². The van der Waals surface area contributed by atoms with E-state index < -0.39 is 17.8 Å². The van der Waals surface area contributed by atoms with Gasteiger partial charge in [0.15, 0.2) is 0 Å². The van der Waals surface area contributed by atoms with E-state index in [0.29, 0.717) is 12.0 Å². The van der Waals surface area contributed by atoms with Gasteiger partial charge in [0.25, 0.3) is 0 Å². The number of carbonyl (C=O) groups excluding carboxylic acids is 1. The highest BCUT2D eigenvalue weighted by atomic mass is 35.5. The van der Waals surface area contributed by atoms with E-state index in [0.717, 1.165) is 11.8 Å². The van der Waals surface area contributed by atoms with Crippen LogP contribution in [0.5, 0.6) is 0 Å². The van der Waals surface area contributed by atoms with E-state index in [4.69, 9.17) is 21.1 Å². The van der Waals surface area contributed by atoms with Gasteiger partial charge in [0.05, 0.1) is 23.7 Å². The smallest absolute Gasteiger partial charge is 0.305 e. The predicted molar refractivity (Wildman–Crippen MR) is 84.1 cm³/mol. The van der Waals surface area contributed by atoms with Crippen molar-refractivity contribution in [1.29, 1.82) is 0 Å². The average molecular weight is 352 g/mol. The molecule has 1 aromatic heterocycles. The van der Waals surface area contributed by atoms with Gasteiger partial charge in [-0.1, -0.05) is 17.7 Å². The Morgan fingerprint density at radius 2 is 2.21 bits per heavy atom. The minimum absolute atomic E-state index is 0.00688. The van der Waals surface area contributed by atoms with Gasteiger partial charge in [-0.25, -0.2) is 4.39 Å². The summed E-state index contributed by atoms with van der Waals surface area (Å²) in [7, 11) is 0. The number of carbonyl (C=O) groups is 2. The first-order valence-corrected chi connectivity index (χ1v) is 7.84. The van der Waals surface area contributed by atoms with Crippen LogP contribution in [0.25, 0.3) is 0 Å². The van der Waals surface area contributed by atoms with Crippen LogP contribution >= 0.6 is 11.6 Å². The maximum absolute atomic E-state index is 13.6. The largest absolute Gasteiger partial charge is 0.481 e. The number of hydrogen-bond donors (Lipinski definition) is 2. The molecule has 0 aliphatic heterocycles. The van der Waals surface area contributed by atoms with Crippen molar-refractivity contribution in [3.63, 3.8) is 0 Å². The molecule has 3 rings (SSSR count). The number of benzene rings is 1. The fourth-order valence-electron chi connectivity index (χ4n) is 2.74. The van der Waals surface area contributed by atoms with Gasteiger partial charge in [-0.3, -0.25) is 9.59 Å². The van der Waals surface area contributed by atoms with E-state index in [1.54, 1.807) is 18.4 Å². The van der Waals surface area contributed by atoms with Gasteiger partial charge < -0.3 is 14.8 Å². The van der Waals surface area contributed by atoms with Gasteiger partial charge in [0.2, 0.25) is 5.91 Å². The van der Waals surface area contributed by atoms with Gasteiger partial charge in [0, 0.05) is 11.8 Å². The second-order valence-corrected chi connectivity index (χ2v) is 6.20. The summed E-state index contributed by atoms with van der Waals surface area (Å²) in [5, 5.41) is 11.7. The molecular weight excluding hydrogens is 337 g/mol. The Balaban J connectivity index is 1.71. The number of aliphatic carboxylic acids is 1. The van der Waals surface area contributed by atoms with Gasteiger partial charge >= 0.3 is 5.97 Å². The number of furan rings is 1. The fourth-order valence-corrected chi connectivity index (χ4v) is 2.85. The van der Waals surface area contributed by atoms with Crippen LogP contribution < -0.4 is 5.32 Å². The van der Waals surface area contributed by atoms with Crippen LogP contribution in [0.3, 0.4) is 0 Å². The number of halogens is 2. The van der Waals surface area contributed by atoms with Crippen LogP contribution in [0.15, 0.2) is 41.0 Å². The molecular formula is C17H15ClFNO4. The SMILES string of the molecule is O=C(O)C[C@H](NC(=O)[C@H]1C[C@@H]1c1ccco1)c1ccc(Cl)c(F)c1. The van der Waals surface area contributed by atoms with Gasteiger partial charge in [-0.2, -0.15) is 0 Å². The van der Waals surface area contributed by atoms with E-state index in [1.807, 2.05) is 0 Å². The lowest BCUT2D eigenvalue weighted by Crippen LogP contribution is -2.31. The zero-order valence-corrected chi connectivity index (χ0v) is 13.3. The van der Waals surface area contributed by atoms with E-state index in [9.17, 15) is 14.0 Å². The zero-order valence-electron chi connectivity index (χ0n) is 12.5. The molecule has 24 heavy (non-hydrogen) atoms. The summed E-state index contributed by atoms with van der Waals surface area (Å²) in [6, 6.07) is 6.74. The first kappa shape index (κ1) is 16.5. The van der Waals surface area contributed by atoms with Crippen LogP contribution in [-0.4, -0.2) is 17.0 Å². The lowest BCUT2D eigenvalue weighted by atomic mass is 10.0. The Hall–Kier alpha value is -2.34. The molecule has 5 nitrogen and oxygen atoms in total. The molecule has 126 valence electrons. The van der Waals surface area contributed by atoms with E-state index in [1.165, 1.54) is 12.1 Å². The van der Waals surface area contributed by atoms with Gasteiger partial charge in [-0.05, 0) is 36.2 Å². The van der Waals surface area contributed by atoms with Crippen LogP contribution in [0.1, 0.15) is 36.1 Å². The topological polar surface area (TPSA) is 79.5 Å². The number of rotatable bonds is 6. The molecule has 0 unspecified atom stereocenters. The molecule has 7 heteroatoms. The molecule has 0 radical (unpaired) electrons. The fraction of sp³-hybridized carbons (Fsp3) is 0.294. The van der Waals surface area contributed by atoms with Crippen molar-refractivity contribution in [2.45, 2.75) is 24.8 Å². The van der Waals surface area contributed by atoms with Crippen LogP contribution in [-0.2, 0) is 9.59 Å². The van der Waals surface area contributed by atoms with Crippen molar-refractivity contribution in [3.05, 3.63) is 58.8 Å². The third kappa shape index (κ3) is 3.59. The highest BCUT2D eigenvalue weighted by Crippen LogP contribution is 2.48. The lowest BCUT2D eigenvalue weighted by Gasteiger charge is -2.18. The molecule has 1 saturated carbocycles. The highest BCUT2D eigenvalue weighted by Gasteiger charge is 2.46. The minimum Gasteiger partial charge on any atom is -0.481 e. The first-order valence-electron chi connectivity index (χ1n) is 7.46. The molecule has 1 aromatic carbocycles. The summed E-state index contributed by atoms with van der Waals surface area (Å²) in [5.41, 5.74) is 0.364. The van der Waals surface area contributed by atoms with Crippen molar-refractivity contribution in [1.82, 2.24) is 5.32 Å². The van der Waals surface area contributed by atoms with Crippen molar-refractivity contribution in [3.8, 4) is 0 Å². The maximum Gasteiger partial charge on any atom is 0.305 e. The Labute approximate surface area is 142 Å². The average Bonchev–Trinajstić information content (AvgIpc) is 3.15. The summed E-state index contributed by atoms with van der Waals surface area (Å²) < 4.78 is 18.9. The number of carboxylic acids is 1. The molecule has 1 heterocycles. The molecule has 0 spiro atoms. The minimum atomic E-state index is -1.09. The zero-order chi connectivity index (χ0) is 17.3. The standard InChI is InChI=1S/C17H15ClFNO4/c18-12-4-3-9(6-13(12)19)14(8-16(21)22)20-17(23)11-7-10(11)15-2-1-5-24-15/h1-6,10-11,14H,7-8H2,(H,20,23)(H,21,22)/t10-,11-,14-/m0/s1. The van der Waals surface area contributed by atoms with Crippen molar-refractivity contribution in [2.24, 2.45) is 5.92 Å². The van der Waals surface area contributed by atoms with Crippen molar-refractivity contribution < 1.29 is 23.5 Å². The Bertz CT molecular complexity index is 762. The number of hydrogen-bond acceptors (Lipinski definition) is 3. The van der Waals surface area contributed by atoms with Crippen LogP contribution in [0.2, 0.25) is 5.02 Å². The second kappa shape index (κ2) is 6.65. The van der Waals surface area contributed by atoms with Gasteiger partial charge in [-0.15, -0.1) is 0 Å². The Morgan fingerprint density at radius 1 is 1.42 bits per heavy atom. The predicted octanol–water partition coefficient (Wildman–Crippen LogP) is 3.51. The van der Waals surface area contributed by atoms with Gasteiger partial charge in [0.1, 0.15) is 11.6 Å². The van der Waals surface area contributed by atoms with E-state index in [-0.39, 0.29) is 29.2 Å². The number of nitrogens with one attached hydrogen (secondary N) is 1. The van der Waals surface area contributed by atoms with Crippen LogP contribution in [0.4, 0.5) is 4.39 Å². The molecule has 1 aliphatic carbocycles. The quantitative estimate of drug-likeness (QED) is 0.834. The Morgan fingerprint density at radius 3 is 2.83 bits per heavy atom. The summed E-state index contributed by atoms with van der Waals surface area (Å²) in [5.74, 6) is -1.52. The number of amides is 1. The Kier molecular flexibility index (Phi) is 4.57. The summed E-state index contributed by atoms with van der Waals surface area (Å²) >= 11 is 5.64. The molecule has 1 amide bonds. The third-order valence-electron chi connectivity index (χ3n) is 4.08. The third-order valence-corrected chi connectivity index (χ3v) is 4.38. The first-order chi connectivity index (χ1) is 11.5. The maximum atomic E-state index is 13.6. The molecule has 0 saturated heterocycles. The normalized spacial score (nSPS) is 20.4. The summed E-state index contributed by atoms with van der Waals surface area (Å²) in [6.07, 6.45) is 1.85. The van der Waals surface area contributed by atoms with Crippen molar-refractivity contribution in [2.75, 3.05) is 0 Å². The molecule has 1 aliphatic rings. The molecule has 3 atom stereocenters. The number of carboxylic acid groups (broad SMARTS) is 1. The lowest BCUT2D eigenvalue weighted by molar-refractivity contribution is -0.137. The molecule has 0 bridgehead atoms.